The lowest BCUT2D eigenvalue weighted by Crippen LogP contribution is -2.43. The van der Waals surface area contributed by atoms with Gasteiger partial charge in [-0.3, -0.25) is 9.89 Å². The predicted molar refractivity (Wildman–Crippen MR) is 105 cm³/mol. The zero-order chi connectivity index (χ0) is 17.9. The normalized spacial score (nSPS) is 27.7. The first-order valence-electron chi connectivity index (χ1n) is 9.45. The average molecular weight is 350 g/mol. The molecule has 3 unspecified atom stereocenters. The fourth-order valence-corrected chi connectivity index (χ4v) is 3.96. The summed E-state index contributed by atoms with van der Waals surface area (Å²) >= 11 is 0. The van der Waals surface area contributed by atoms with E-state index in [1.165, 1.54) is 5.56 Å². The van der Waals surface area contributed by atoms with E-state index in [4.69, 9.17) is 4.99 Å². The summed E-state index contributed by atoms with van der Waals surface area (Å²) in [4.78, 5) is 22.4. The second-order valence-electron chi connectivity index (χ2n) is 7.46. The van der Waals surface area contributed by atoms with E-state index in [0.29, 0.717) is 12.5 Å². The first kappa shape index (κ1) is 17.0. The van der Waals surface area contributed by atoms with Gasteiger partial charge < -0.3 is 15.1 Å². The minimum atomic E-state index is -0.171. The van der Waals surface area contributed by atoms with Crippen LogP contribution >= 0.6 is 0 Å². The van der Waals surface area contributed by atoms with Gasteiger partial charge in [0.2, 0.25) is 0 Å². The molecule has 0 spiro atoms. The highest BCUT2D eigenvalue weighted by molar-refractivity contribution is 6.13. The molecule has 2 aromatic rings. The zero-order valence-electron chi connectivity index (χ0n) is 15.2. The Labute approximate surface area is 154 Å². The molecule has 0 aliphatic carbocycles. The summed E-state index contributed by atoms with van der Waals surface area (Å²) in [5, 5.41) is 3.29. The lowest BCUT2D eigenvalue weighted by atomic mass is 9.91. The summed E-state index contributed by atoms with van der Waals surface area (Å²) < 4.78 is 0. The number of piperidine rings is 1. The van der Waals surface area contributed by atoms with Crippen LogP contribution in [0.4, 0.5) is 5.82 Å². The highest BCUT2D eigenvalue weighted by atomic mass is 16.1. The Morgan fingerprint density at radius 2 is 2.12 bits per heavy atom. The molecule has 2 aliphatic rings. The van der Waals surface area contributed by atoms with Crippen molar-refractivity contribution in [1.29, 1.82) is 0 Å². The lowest BCUT2D eigenvalue weighted by Gasteiger charge is -2.36. The molecular formula is C21H26N4O. The van der Waals surface area contributed by atoms with Gasteiger partial charge in [-0.25, -0.2) is 0 Å². The molecule has 0 radical (unpaired) electrons. The number of H-pyrrole nitrogens is 1. The molecule has 26 heavy (non-hydrogen) atoms. The maximum Gasteiger partial charge on any atom is 0.130 e. The summed E-state index contributed by atoms with van der Waals surface area (Å²) in [5.41, 5.74) is 3.32. The minimum absolute atomic E-state index is 0.171. The first-order valence-corrected chi connectivity index (χ1v) is 9.45. The molecular weight excluding hydrogens is 324 g/mol. The molecule has 2 aliphatic heterocycles. The molecule has 2 N–H and O–H groups in total. The van der Waals surface area contributed by atoms with E-state index in [1.54, 1.807) is 0 Å². The van der Waals surface area contributed by atoms with Crippen molar-refractivity contribution in [1.82, 2.24) is 9.88 Å². The average Bonchev–Trinajstić information content (AvgIpc) is 3.14. The third kappa shape index (κ3) is 3.44. The predicted octanol–water partition coefficient (Wildman–Crippen LogP) is 2.96. The van der Waals surface area contributed by atoms with Gasteiger partial charge in [-0.15, -0.1) is 0 Å². The maximum atomic E-state index is 11.6. The van der Waals surface area contributed by atoms with Gasteiger partial charge in [0.1, 0.15) is 12.1 Å². The van der Waals surface area contributed by atoms with Gasteiger partial charge in [0.05, 0.1) is 17.7 Å². The number of anilines is 1. The van der Waals surface area contributed by atoms with Gasteiger partial charge in [-0.2, -0.15) is 0 Å². The lowest BCUT2D eigenvalue weighted by molar-refractivity contribution is -0.109. The molecule has 5 heteroatoms. The molecule has 1 fully saturated rings. The van der Waals surface area contributed by atoms with Crippen LogP contribution in [-0.2, 0) is 11.3 Å². The number of carbonyl (C=O) groups is 1. The number of hydrogen-bond donors (Lipinski definition) is 2. The topological polar surface area (TPSA) is 60.5 Å². The van der Waals surface area contributed by atoms with Crippen LogP contribution in [0.5, 0.6) is 0 Å². The van der Waals surface area contributed by atoms with E-state index in [-0.39, 0.29) is 12.0 Å². The Balaban J connectivity index is 1.55. The molecule has 0 saturated carbocycles. The van der Waals surface area contributed by atoms with Crippen LogP contribution in [0.15, 0.2) is 47.6 Å². The third-order valence-corrected chi connectivity index (χ3v) is 5.59. The van der Waals surface area contributed by atoms with Crippen molar-refractivity contribution in [3.63, 3.8) is 0 Å². The van der Waals surface area contributed by atoms with Gasteiger partial charge in [-0.05, 0) is 30.5 Å². The van der Waals surface area contributed by atoms with Crippen LogP contribution in [0.1, 0.15) is 24.5 Å². The number of aliphatic imine (C=N–C) groups is 1. The summed E-state index contributed by atoms with van der Waals surface area (Å²) in [5.74, 6) is 1.33. The number of nitrogens with one attached hydrogen (secondary N) is 2. The Morgan fingerprint density at radius 1 is 1.27 bits per heavy atom. The van der Waals surface area contributed by atoms with Crippen LogP contribution in [0, 0.1) is 11.8 Å². The largest absolute Gasteiger partial charge is 0.370 e. The fraction of sp³-hybridized carbons (Fsp3) is 0.429. The van der Waals surface area contributed by atoms with E-state index < -0.39 is 0 Å². The standard InChI is InChI=1S/C21H26N4O/c1-15-8-10-25(12-16-5-3-2-4-6-16)13-19(15)24-20-17(14-26)11-23-21-18(20)7-9-22-21/h2-7,9,14-15,17,19,22-23H,8,10-13H2,1H3. The van der Waals surface area contributed by atoms with Crippen molar-refractivity contribution in [2.24, 2.45) is 16.8 Å². The second kappa shape index (κ2) is 7.46. The Morgan fingerprint density at radius 3 is 2.92 bits per heavy atom. The van der Waals surface area contributed by atoms with Crippen LogP contribution < -0.4 is 5.32 Å². The van der Waals surface area contributed by atoms with Gasteiger partial charge in [0.15, 0.2) is 0 Å². The molecule has 0 bridgehead atoms. The van der Waals surface area contributed by atoms with Crippen molar-refractivity contribution in [3.8, 4) is 0 Å². The molecule has 1 aromatic heterocycles. The van der Waals surface area contributed by atoms with E-state index in [9.17, 15) is 4.79 Å². The van der Waals surface area contributed by atoms with Crippen LogP contribution in [0.3, 0.4) is 0 Å². The second-order valence-corrected chi connectivity index (χ2v) is 7.46. The number of carbonyl (C=O) groups excluding carboxylic acids is 1. The smallest absolute Gasteiger partial charge is 0.130 e. The Kier molecular flexibility index (Phi) is 4.89. The van der Waals surface area contributed by atoms with Gasteiger partial charge >= 0.3 is 0 Å². The first-order chi connectivity index (χ1) is 12.7. The summed E-state index contributed by atoms with van der Waals surface area (Å²) in [6.45, 7) is 5.90. The summed E-state index contributed by atoms with van der Waals surface area (Å²) in [6, 6.07) is 12.9. The van der Waals surface area contributed by atoms with Gasteiger partial charge in [0, 0.05) is 31.4 Å². The van der Waals surface area contributed by atoms with E-state index in [1.807, 2.05) is 12.3 Å². The number of aromatic nitrogens is 1. The molecule has 0 amide bonds. The Bertz CT molecular complexity index is 782. The van der Waals surface area contributed by atoms with E-state index in [0.717, 1.165) is 49.4 Å². The minimum Gasteiger partial charge on any atom is -0.370 e. The number of likely N-dealkylation sites (tertiary alicyclic amines) is 1. The van der Waals surface area contributed by atoms with Gasteiger partial charge in [0.25, 0.3) is 0 Å². The van der Waals surface area contributed by atoms with Crippen molar-refractivity contribution in [3.05, 3.63) is 53.7 Å². The van der Waals surface area contributed by atoms with Crippen LogP contribution in [0.2, 0.25) is 0 Å². The van der Waals surface area contributed by atoms with Crippen molar-refractivity contribution in [2.45, 2.75) is 25.9 Å². The highest BCUT2D eigenvalue weighted by Crippen LogP contribution is 2.27. The van der Waals surface area contributed by atoms with Crippen LogP contribution in [0.25, 0.3) is 0 Å². The van der Waals surface area contributed by atoms with E-state index in [2.05, 4.69) is 52.5 Å². The molecule has 5 nitrogen and oxygen atoms in total. The van der Waals surface area contributed by atoms with Gasteiger partial charge in [-0.1, -0.05) is 37.3 Å². The summed E-state index contributed by atoms with van der Waals surface area (Å²) in [6.07, 6.45) is 4.07. The number of hydrogen-bond acceptors (Lipinski definition) is 4. The quantitative estimate of drug-likeness (QED) is 0.834. The number of fused-ring (bicyclic) bond motifs is 1. The fourth-order valence-electron chi connectivity index (χ4n) is 3.96. The molecule has 3 atom stereocenters. The molecule has 4 rings (SSSR count). The number of aromatic amines is 1. The monoisotopic (exact) mass is 350 g/mol. The molecule has 1 aromatic carbocycles. The van der Waals surface area contributed by atoms with Crippen molar-refractivity contribution < 1.29 is 4.79 Å². The van der Waals surface area contributed by atoms with Crippen molar-refractivity contribution in [2.75, 3.05) is 25.0 Å². The molecule has 1 saturated heterocycles. The highest BCUT2D eigenvalue weighted by Gasteiger charge is 2.30. The summed E-state index contributed by atoms with van der Waals surface area (Å²) in [7, 11) is 0. The van der Waals surface area contributed by atoms with Crippen LogP contribution in [-0.4, -0.2) is 47.6 Å². The number of rotatable bonds is 4. The molecule has 136 valence electrons. The maximum absolute atomic E-state index is 11.6. The number of nitrogens with zero attached hydrogens (tertiary/aromatic N) is 2. The SMILES string of the molecule is CC1CCN(Cc2ccccc2)CC1N=C1c2cc[nH]c2NCC1C=O. The Hall–Kier alpha value is -2.40. The van der Waals surface area contributed by atoms with E-state index >= 15 is 0 Å². The number of aldehydes is 1. The zero-order valence-corrected chi connectivity index (χ0v) is 15.2. The third-order valence-electron chi connectivity index (χ3n) is 5.59. The van der Waals surface area contributed by atoms with Crippen molar-refractivity contribution >= 4 is 17.8 Å². The number of benzene rings is 1. The molecule has 3 heterocycles.